The lowest BCUT2D eigenvalue weighted by molar-refractivity contribution is -0.147. The smallest absolute Gasteiger partial charge is 0.307 e. The standard InChI is InChI=1S/C31H35N5O5.2ClH/c1-19(2)41-28(37)13-15-34-31(38)23-10-11-25-24(18-23)35-30(22-8-6-21(7-9-22)29(32)33)36(25)16-14-20-5-12-26(39-3)27(17-20)40-4;;/h5-12,17-19H,13-16H2,1-4H3,(H3,32,33)(H,34,38);2*1H. The van der Waals surface area contributed by atoms with Gasteiger partial charge in [-0.05, 0) is 56.2 Å². The van der Waals surface area contributed by atoms with Gasteiger partial charge in [0.2, 0.25) is 0 Å². The third-order valence-corrected chi connectivity index (χ3v) is 6.52. The fraction of sp³-hybridized carbons (Fsp3) is 0.290. The molecule has 0 radical (unpaired) electrons. The van der Waals surface area contributed by atoms with Crippen molar-refractivity contribution in [1.29, 1.82) is 5.41 Å². The molecule has 1 amide bonds. The van der Waals surface area contributed by atoms with Gasteiger partial charge in [0.1, 0.15) is 11.7 Å². The van der Waals surface area contributed by atoms with Gasteiger partial charge in [0.15, 0.2) is 11.5 Å². The van der Waals surface area contributed by atoms with Gasteiger partial charge in [-0.15, -0.1) is 24.8 Å². The molecule has 0 aliphatic heterocycles. The molecule has 0 unspecified atom stereocenters. The van der Waals surface area contributed by atoms with Gasteiger partial charge in [0, 0.05) is 29.8 Å². The second-order valence-corrected chi connectivity index (χ2v) is 9.77. The number of nitrogens with one attached hydrogen (secondary N) is 2. The molecule has 0 fully saturated rings. The molecule has 0 aliphatic rings. The lowest BCUT2D eigenvalue weighted by Crippen LogP contribution is -2.27. The lowest BCUT2D eigenvalue weighted by atomic mass is 10.1. The number of aromatic nitrogens is 2. The average Bonchev–Trinajstić information content (AvgIpc) is 3.33. The van der Waals surface area contributed by atoms with Gasteiger partial charge in [-0.1, -0.05) is 30.3 Å². The minimum Gasteiger partial charge on any atom is -0.493 e. The fourth-order valence-electron chi connectivity index (χ4n) is 4.50. The van der Waals surface area contributed by atoms with Gasteiger partial charge in [0.05, 0.1) is 37.8 Å². The first-order valence-corrected chi connectivity index (χ1v) is 13.3. The number of nitrogens with two attached hydrogens (primary N) is 1. The van der Waals surface area contributed by atoms with Crippen molar-refractivity contribution in [2.24, 2.45) is 5.73 Å². The molecule has 4 rings (SSSR count). The molecule has 10 nitrogen and oxygen atoms in total. The summed E-state index contributed by atoms with van der Waals surface area (Å²) in [4.78, 5) is 29.5. The van der Waals surface area contributed by atoms with Crippen molar-refractivity contribution in [3.63, 3.8) is 0 Å². The summed E-state index contributed by atoms with van der Waals surface area (Å²) in [5.74, 6) is 1.39. The number of carbonyl (C=O) groups excluding carboxylic acids is 2. The van der Waals surface area contributed by atoms with Gasteiger partial charge in [-0.3, -0.25) is 15.0 Å². The zero-order valence-electron chi connectivity index (χ0n) is 24.5. The average molecular weight is 631 g/mol. The molecule has 4 N–H and O–H groups in total. The molecule has 1 heterocycles. The Balaban J connectivity index is 0.00000323. The number of methoxy groups -OCH3 is 2. The van der Waals surface area contributed by atoms with Gasteiger partial charge in [-0.2, -0.15) is 0 Å². The first kappa shape index (κ1) is 34.9. The highest BCUT2D eigenvalue weighted by Crippen LogP contribution is 2.30. The second-order valence-electron chi connectivity index (χ2n) is 9.77. The van der Waals surface area contributed by atoms with Crippen LogP contribution in [0.2, 0.25) is 0 Å². The number of halogens is 2. The Kier molecular flexibility index (Phi) is 12.8. The third-order valence-electron chi connectivity index (χ3n) is 6.52. The van der Waals surface area contributed by atoms with Crippen LogP contribution in [0.25, 0.3) is 22.4 Å². The topological polar surface area (TPSA) is 142 Å². The third kappa shape index (κ3) is 8.62. The number of rotatable bonds is 12. The molecule has 0 atom stereocenters. The van der Waals surface area contributed by atoms with Crippen LogP contribution in [0.15, 0.2) is 60.7 Å². The number of nitrogen functional groups attached to an aromatic ring is 1. The highest BCUT2D eigenvalue weighted by molar-refractivity contribution is 5.98. The summed E-state index contributed by atoms with van der Waals surface area (Å²) in [5.41, 5.74) is 10.2. The van der Waals surface area contributed by atoms with E-state index in [0.29, 0.717) is 41.1 Å². The van der Waals surface area contributed by atoms with E-state index in [9.17, 15) is 9.59 Å². The van der Waals surface area contributed by atoms with Crippen LogP contribution >= 0.6 is 24.8 Å². The molecule has 0 bridgehead atoms. The van der Waals surface area contributed by atoms with E-state index in [1.807, 2.05) is 36.4 Å². The molecular formula is C31H37Cl2N5O5. The maximum Gasteiger partial charge on any atom is 0.307 e. The SMILES string of the molecule is COc1ccc(CCn2c(-c3ccc(C(=N)N)cc3)nc3cc(C(=O)NCCC(=O)OC(C)C)ccc32)cc1OC.Cl.Cl. The molecule has 230 valence electrons. The highest BCUT2D eigenvalue weighted by atomic mass is 35.5. The van der Waals surface area contributed by atoms with Crippen molar-refractivity contribution in [3.05, 3.63) is 77.4 Å². The quantitative estimate of drug-likeness (QED) is 0.112. The number of nitrogens with zero attached hydrogens (tertiary/aromatic N) is 2. The van der Waals surface area contributed by atoms with Crippen LogP contribution in [0.5, 0.6) is 11.5 Å². The molecule has 12 heteroatoms. The van der Waals surface area contributed by atoms with E-state index in [1.54, 1.807) is 52.3 Å². The van der Waals surface area contributed by atoms with Crippen LogP contribution in [0, 0.1) is 5.41 Å². The number of hydrogen-bond donors (Lipinski definition) is 3. The number of esters is 1. The highest BCUT2D eigenvalue weighted by Gasteiger charge is 2.16. The fourth-order valence-corrected chi connectivity index (χ4v) is 4.50. The molecule has 0 spiro atoms. The summed E-state index contributed by atoms with van der Waals surface area (Å²) in [6, 6.07) is 18.6. The first-order valence-electron chi connectivity index (χ1n) is 13.3. The number of amidine groups is 1. The second kappa shape index (κ2) is 15.8. The molecule has 0 saturated carbocycles. The molecule has 0 saturated heterocycles. The van der Waals surface area contributed by atoms with Crippen LogP contribution in [0.4, 0.5) is 0 Å². The van der Waals surface area contributed by atoms with Crippen molar-refractivity contribution in [1.82, 2.24) is 14.9 Å². The summed E-state index contributed by atoms with van der Waals surface area (Å²) >= 11 is 0. The van der Waals surface area contributed by atoms with Crippen LogP contribution in [-0.2, 0) is 22.5 Å². The van der Waals surface area contributed by atoms with Crippen LogP contribution in [0.1, 0.15) is 41.8 Å². The van der Waals surface area contributed by atoms with Crippen molar-refractivity contribution < 1.29 is 23.8 Å². The molecule has 4 aromatic rings. The monoisotopic (exact) mass is 629 g/mol. The molecular weight excluding hydrogens is 593 g/mol. The number of benzene rings is 3. The Hall–Kier alpha value is -4.28. The van der Waals surface area contributed by atoms with Crippen molar-refractivity contribution in [3.8, 4) is 22.9 Å². The Labute approximate surface area is 263 Å². The minimum absolute atomic E-state index is 0. The van der Waals surface area contributed by atoms with Crippen LogP contribution in [0.3, 0.4) is 0 Å². The van der Waals surface area contributed by atoms with Crippen molar-refractivity contribution >= 4 is 53.6 Å². The Morgan fingerprint density at radius 1 is 0.953 bits per heavy atom. The summed E-state index contributed by atoms with van der Waals surface area (Å²) in [6.07, 6.45) is 0.589. The van der Waals surface area contributed by atoms with Gasteiger partial charge in [0.25, 0.3) is 5.91 Å². The molecule has 0 aliphatic carbocycles. The van der Waals surface area contributed by atoms with Gasteiger partial charge < -0.3 is 29.8 Å². The zero-order chi connectivity index (χ0) is 29.5. The minimum atomic E-state index is -0.357. The number of fused-ring (bicyclic) bond motifs is 1. The normalized spacial score (nSPS) is 10.4. The number of imidazole rings is 1. The van der Waals surface area contributed by atoms with E-state index >= 15 is 0 Å². The van der Waals surface area contributed by atoms with Crippen molar-refractivity contribution in [2.75, 3.05) is 20.8 Å². The number of carbonyl (C=O) groups is 2. The predicted octanol–water partition coefficient (Wildman–Crippen LogP) is 5.16. The number of hydrogen-bond acceptors (Lipinski definition) is 7. The van der Waals surface area contributed by atoms with Crippen LogP contribution < -0.4 is 20.5 Å². The predicted molar refractivity (Wildman–Crippen MR) is 172 cm³/mol. The summed E-state index contributed by atoms with van der Waals surface area (Å²) in [7, 11) is 3.22. The van der Waals surface area contributed by atoms with Gasteiger partial charge >= 0.3 is 5.97 Å². The van der Waals surface area contributed by atoms with E-state index in [-0.39, 0.29) is 61.6 Å². The largest absolute Gasteiger partial charge is 0.493 e. The zero-order valence-corrected chi connectivity index (χ0v) is 26.1. The Morgan fingerprint density at radius 2 is 1.63 bits per heavy atom. The lowest BCUT2D eigenvalue weighted by Gasteiger charge is -2.12. The van der Waals surface area contributed by atoms with E-state index < -0.39 is 0 Å². The molecule has 3 aromatic carbocycles. The maximum absolute atomic E-state index is 12.8. The Bertz CT molecular complexity index is 1570. The summed E-state index contributed by atoms with van der Waals surface area (Å²) in [6.45, 7) is 4.35. The van der Waals surface area contributed by atoms with E-state index in [0.717, 1.165) is 22.5 Å². The van der Waals surface area contributed by atoms with E-state index in [1.165, 1.54) is 0 Å². The van der Waals surface area contributed by atoms with E-state index in [4.69, 9.17) is 30.3 Å². The molecule has 1 aromatic heterocycles. The molecule has 43 heavy (non-hydrogen) atoms. The Morgan fingerprint density at radius 3 is 2.26 bits per heavy atom. The first-order chi connectivity index (χ1) is 19.7. The number of ether oxygens (including phenoxy) is 3. The van der Waals surface area contributed by atoms with Gasteiger partial charge in [-0.25, -0.2) is 4.98 Å². The number of aryl methyl sites for hydroxylation is 2. The summed E-state index contributed by atoms with van der Waals surface area (Å²) in [5, 5.41) is 10.5. The van der Waals surface area contributed by atoms with Crippen LogP contribution in [-0.4, -0.2) is 54.1 Å². The summed E-state index contributed by atoms with van der Waals surface area (Å²) < 4.78 is 18.1. The van der Waals surface area contributed by atoms with Crippen molar-refractivity contribution in [2.45, 2.75) is 39.3 Å². The number of amides is 1. The van der Waals surface area contributed by atoms with E-state index in [2.05, 4.69) is 9.88 Å². The maximum atomic E-state index is 12.8.